The lowest BCUT2D eigenvalue weighted by atomic mass is 10.00. The molecule has 1 aliphatic rings. The van der Waals surface area contributed by atoms with E-state index in [1.807, 2.05) is 0 Å². The van der Waals surface area contributed by atoms with Crippen LogP contribution in [-0.4, -0.2) is 50.5 Å². The van der Waals surface area contributed by atoms with Gasteiger partial charge < -0.3 is 4.98 Å². The van der Waals surface area contributed by atoms with Crippen molar-refractivity contribution in [3.63, 3.8) is 0 Å². The summed E-state index contributed by atoms with van der Waals surface area (Å²) >= 11 is 0. The molecule has 108 valence electrons. The minimum Gasteiger partial charge on any atom is -0.335 e. The Balaban J connectivity index is 1.72. The zero-order valence-electron chi connectivity index (χ0n) is 10.9. The molecule has 1 N–H and O–H groups in total. The smallest absolute Gasteiger partial charge is 0.260 e. The van der Waals surface area contributed by atoms with Crippen LogP contribution >= 0.6 is 0 Å². The summed E-state index contributed by atoms with van der Waals surface area (Å²) in [6.07, 6.45) is 7.71. The number of nitrogens with zero attached hydrogens (tertiary/aromatic N) is 5. The van der Waals surface area contributed by atoms with Crippen LogP contribution in [0.25, 0.3) is 0 Å². The first-order valence-corrected chi connectivity index (χ1v) is 7.91. The summed E-state index contributed by atoms with van der Waals surface area (Å²) in [5, 5.41) is 4.22. The SMILES string of the molecule is O=S(=O)(c1cnc[nH]1)N1CCC[C@H](Cn2cncn2)C1. The highest BCUT2D eigenvalue weighted by Crippen LogP contribution is 2.23. The summed E-state index contributed by atoms with van der Waals surface area (Å²) in [6.45, 7) is 1.74. The number of sulfonamides is 1. The number of hydrogen-bond donors (Lipinski definition) is 1. The molecule has 0 spiro atoms. The van der Waals surface area contributed by atoms with E-state index in [9.17, 15) is 8.42 Å². The molecule has 0 aromatic carbocycles. The van der Waals surface area contributed by atoms with Gasteiger partial charge in [-0.3, -0.25) is 4.68 Å². The topological polar surface area (TPSA) is 96.8 Å². The lowest BCUT2D eigenvalue weighted by Gasteiger charge is -2.31. The lowest BCUT2D eigenvalue weighted by molar-refractivity contribution is 0.239. The highest BCUT2D eigenvalue weighted by Gasteiger charge is 2.31. The predicted octanol–water partition coefficient (Wildman–Crippen LogP) is 0.102. The minimum absolute atomic E-state index is 0.152. The maximum Gasteiger partial charge on any atom is 0.260 e. The average Bonchev–Trinajstić information content (AvgIpc) is 3.12. The van der Waals surface area contributed by atoms with Crippen LogP contribution < -0.4 is 0 Å². The molecule has 1 saturated heterocycles. The van der Waals surface area contributed by atoms with Gasteiger partial charge >= 0.3 is 0 Å². The highest BCUT2D eigenvalue weighted by atomic mass is 32.2. The fourth-order valence-corrected chi connectivity index (χ4v) is 3.96. The van der Waals surface area contributed by atoms with Crippen molar-refractivity contribution in [2.24, 2.45) is 5.92 Å². The first-order valence-electron chi connectivity index (χ1n) is 6.47. The maximum absolute atomic E-state index is 12.4. The summed E-state index contributed by atoms with van der Waals surface area (Å²) < 4.78 is 28.1. The first-order chi connectivity index (χ1) is 9.66. The standard InChI is InChI=1S/C11H16N6O2S/c18-20(19,11-4-12-7-14-11)17-3-1-2-10(6-17)5-16-9-13-8-15-16/h4,7-10H,1-3,5-6H2,(H,12,14)/t10-/m1/s1. The summed E-state index contributed by atoms with van der Waals surface area (Å²) in [7, 11) is -3.46. The van der Waals surface area contributed by atoms with Crippen molar-refractivity contribution < 1.29 is 8.42 Å². The number of imidazole rings is 1. The molecule has 9 heteroatoms. The van der Waals surface area contributed by atoms with Gasteiger partial charge in [0.15, 0.2) is 5.03 Å². The average molecular weight is 296 g/mol. The van der Waals surface area contributed by atoms with Crippen molar-refractivity contribution in [2.75, 3.05) is 13.1 Å². The van der Waals surface area contributed by atoms with Gasteiger partial charge in [-0.15, -0.1) is 0 Å². The number of hydrogen-bond acceptors (Lipinski definition) is 5. The van der Waals surface area contributed by atoms with E-state index in [1.54, 1.807) is 11.0 Å². The molecular formula is C11H16N6O2S. The number of rotatable bonds is 4. The van der Waals surface area contributed by atoms with Gasteiger partial charge in [-0.05, 0) is 18.8 Å². The van der Waals surface area contributed by atoms with Gasteiger partial charge in [0.05, 0.1) is 12.5 Å². The van der Waals surface area contributed by atoms with Crippen LogP contribution in [0.4, 0.5) is 0 Å². The maximum atomic E-state index is 12.4. The zero-order chi connectivity index (χ0) is 14.0. The molecule has 3 heterocycles. The summed E-state index contributed by atoms with van der Waals surface area (Å²) in [5.74, 6) is 0.253. The molecule has 2 aromatic heterocycles. The molecule has 0 bridgehead atoms. The predicted molar refractivity (Wildman–Crippen MR) is 70.1 cm³/mol. The largest absolute Gasteiger partial charge is 0.335 e. The lowest BCUT2D eigenvalue weighted by Crippen LogP contribution is -2.41. The van der Waals surface area contributed by atoms with Gasteiger partial charge in [-0.2, -0.15) is 9.40 Å². The third-order valence-electron chi connectivity index (χ3n) is 3.48. The minimum atomic E-state index is -3.46. The van der Waals surface area contributed by atoms with E-state index in [1.165, 1.54) is 23.2 Å². The second-order valence-electron chi connectivity index (χ2n) is 4.90. The molecule has 1 atom stereocenters. The number of aromatic nitrogens is 5. The molecule has 2 aromatic rings. The van der Waals surface area contributed by atoms with Crippen molar-refractivity contribution in [1.29, 1.82) is 0 Å². The van der Waals surface area contributed by atoms with Gasteiger partial charge in [-0.25, -0.2) is 18.4 Å². The van der Waals surface area contributed by atoms with Crippen LogP contribution in [0.2, 0.25) is 0 Å². The van der Waals surface area contributed by atoms with Crippen molar-refractivity contribution >= 4 is 10.0 Å². The van der Waals surface area contributed by atoms with Crippen molar-refractivity contribution in [3.8, 4) is 0 Å². The van der Waals surface area contributed by atoms with Gasteiger partial charge in [-0.1, -0.05) is 0 Å². The Labute approximate surface area is 116 Å². The van der Waals surface area contributed by atoms with Crippen LogP contribution in [0.15, 0.2) is 30.2 Å². The van der Waals surface area contributed by atoms with Gasteiger partial charge in [0, 0.05) is 19.6 Å². The molecule has 0 aliphatic carbocycles. The second-order valence-corrected chi connectivity index (χ2v) is 6.81. The van der Waals surface area contributed by atoms with Gasteiger partial charge in [0.1, 0.15) is 12.7 Å². The van der Waals surface area contributed by atoms with E-state index in [-0.39, 0.29) is 10.9 Å². The first kappa shape index (κ1) is 13.3. The third-order valence-corrected chi connectivity index (χ3v) is 5.28. The second kappa shape index (κ2) is 5.33. The number of piperidine rings is 1. The Morgan fingerprint density at radius 3 is 3.00 bits per heavy atom. The Morgan fingerprint density at radius 1 is 1.40 bits per heavy atom. The van der Waals surface area contributed by atoms with Gasteiger partial charge in [0.2, 0.25) is 0 Å². The molecule has 0 radical (unpaired) electrons. The fraction of sp³-hybridized carbons (Fsp3) is 0.545. The van der Waals surface area contributed by atoms with Gasteiger partial charge in [0.25, 0.3) is 10.0 Å². The molecule has 20 heavy (non-hydrogen) atoms. The molecule has 8 nitrogen and oxygen atoms in total. The monoisotopic (exact) mass is 296 g/mol. The van der Waals surface area contributed by atoms with E-state index in [0.29, 0.717) is 19.6 Å². The third kappa shape index (κ3) is 2.59. The summed E-state index contributed by atoms with van der Waals surface area (Å²) in [5.41, 5.74) is 0. The van der Waals surface area contributed by atoms with E-state index >= 15 is 0 Å². The van der Waals surface area contributed by atoms with Crippen molar-refractivity contribution in [2.45, 2.75) is 24.4 Å². The van der Waals surface area contributed by atoms with Crippen LogP contribution in [0.5, 0.6) is 0 Å². The molecule has 0 amide bonds. The van der Waals surface area contributed by atoms with Crippen LogP contribution in [0.1, 0.15) is 12.8 Å². The Hall–Kier alpha value is -1.74. The van der Waals surface area contributed by atoms with E-state index in [4.69, 9.17) is 0 Å². The van der Waals surface area contributed by atoms with E-state index in [0.717, 1.165) is 12.8 Å². The Kier molecular flexibility index (Phi) is 3.53. The van der Waals surface area contributed by atoms with Crippen LogP contribution in [0.3, 0.4) is 0 Å². The number of H-pyrrole nitrogens is 1. The summed E-state index contributed by atoms with van der Waals surface area (Å²) in [6, 6.07) is 0. The van der Waals surface area contributed by atoms with E-state index in [2.05, 4.69) is 20.1 Å². The molecular weight excluding hydrogens is 280 g/mol. The Morgan fingerprint density at radius 2 is 2.30 bits per heavy atom. The molecule has 1 fully saturated rings. The molecule has 0 saturated carbocycles. The highest BCUT2D eigenvalue weighted by molar-refractivity contribution is 7.89. The molecule has 0 unspecified atom stereocenters. The van der Waals surface area contributed by atoms with Crippen molar-refractivity contribution in [1.82, 2.24) is 29.0 Å². The fourth-order valence-electron chi connectivity index (χ4n) is 2.51. The molecule has 3 rings (SSSR count). The normalized spacial score (nSPS) is 21.1. The van der Waals surface area contributed by atoms with Crippen molar-refractivity contribution in [3.05, 3.63) is 25.2 Å². The number of nitrogens with one attached hydrogen (secondary N) is 1. The number of aromatic amines is 1. The quantitative estimate of drug-likeness (QED) is 0.863. The summed E-state index contributed by atoms with van der Waals surface area (Å²) in [4.78, 5) is 10.3. The Bertz CT molecular complexity index is 637. The zero-order valence-corrected chi connectivity index (χ0v) is 11.7. The molecule has 1 aliphatic heterocycles. The van der Waals surface area contributed by atoms with Crippen LogP contribution in [0, 0.1) is 5.92 Å². The van der Waals surface area contributed by atoms with E-state index < -0.39 is 10.0 Å². The van der Waals surface area contributed by atoms with Crippen LogP contribution in [-0.2, 0) is 16.6 Å².